The molecular weight excluding hydrogens is 412 g/mol. The van der Waals surface area contributed by atoms with Crippen molar-refractivity contribution in [3.05, 3.63) is 88.1 Å². The Balaban J connectivity index is 1.47. The van der Waals surface area contributed by atoms with Crippen molar-refractivity contribution in [1.29, 1.82) is 0 Å². The van der Waals surface area contributed by atoms with Gasteiger partial charge in [0.15, 0.2) is 0 Å². The Morgan fingerprint density at radius 2 is 1.70 bits per heavy atom. The van der Waals surface area contributed by atoms with Gasteiger partial charge in [-0.15, -0.1) is 0 Å². The van der Waals surface area contributed by atoms with Crippen molar-refractivity contribution < 1.29 is 4.79 Å². The van der Waals surface area contributed by atoms with Gasteiger partial charge in [-0.2, -0.15) is 9.78 Å². The van der Waals surface area contributed by atoms with Crippen LogP contribution >= 0.6 is 0 Å². The van der Waals surface area contributed by atoms with E-state index < -0.39 is 0 Å². The number of carbonyl (C=O) groups excluding carboxylic acids is 1. The van der Waals surface area contributed by atoms with E-state index in [0.29, 0.717) is 30.7 Å². The molecule has 2 heterocycles. The molecule has 0 saturated carbocycles. The van der Waals surface area contributed by atoms with Gasteiger partial charge in [0, 0.05) is 35.4 Å². The molecule has 1 N–H and O–H groups in total. The smallest absolute Gasteiger partial charge is 0.281 e. The Kier molecular flexibility index (Phi) is 6.45. The first-order valence-corrected chi connectivity index (χ1v) is 11.4. The highest BCUT2D eigenvalue weighted by atomic mass is 16.1. The number of aryl methyl sites for hydroxylation is 2. The summed E-state index contributed by atoms with van der Waals surface area (Å²) in [5, 5.41) is 8.91. The number of rotatable bonds is 7. The number of carbonyl (C=O) groups is 1. The van der Waals surface area contributed by atoms with Gasteiger partial charge >= 0.3 is 0 Å². The van der Waals surface area contributed by atoms with Crippen LogP contribution in [0.3, 0.4) is 0 Å². The molecule has 33 heavy (non-hydrogen) atoms. The van der Waals surface area contributed by atoms with Crippen molar-refractivity contribution in [1.82, 2.24) is 14.3 Å². The van der Waals surface area contributed by atoms with Crippen LogP contribution in [-0.4, -0.2) is 20.3 Å². The highest BCUT2D eigenvalue weighted by molar-refractivity contribution is 5.90. The van der Waals surface area contributed by atoms with Crippen molar-refractivity contribution in [3.8, 4) is 5.69 Å². The second-order valence-corrected chi connectivity index (χ2v) is 8.74. The number of aromatic nitrogens is 3. The van der Waals surface area contributed by atoms with E-state index in [1.54, 1.807) is 6.20 Å². The van der Waals surface area contributed by atoms with Gasteiger partial charge in [0.1, 0.15) is 0 Å². The van der Waals surface area contributed by atoms with E-state index in [1.165, 1.54) is 10.2 Å². The molecule has 0 saturated heterocycles. The van der Waals surface area contributed by atoms with Crippen LogP contribution in [0.5, 0.6) is 0 Å². The van der Waals surface area contributed by atoms with E-state index in [0.717, 1.165) is 28.1 Å². The van der Waals surface area contributed by atoms with Crippen LogP contribution in [0.1, 0.15) is 49.6 Å². The lowest BCUT2D eigenvalue weighted by Gasteiger charge is -2.10. The number of benzene rings is 2. The zero-order chi connectivity index (χ0) is 23.5. The van der Waals surface area contributed by atoms with Crippen LogP contribution in [0, 0.1) is 13.8 Å². The van der Waals surface area contributed by atoms with Gasteiger partial charge in [-0.3, -0.25) is 9.59 Å². The van der Waals surface area contributed by atoms with E-state index in [-0.39, 0.29) is 11.5 Å². The predicted molar refractivity (Wildman–Crippen MR) is 133 cm³/mol. The van der Waals surface area contributed by atoms with E-state index >= 15 is 0 Å². The summed E-state index contributed by atoms with van der Waals surface area (Å²) >= 11 is 0. The Morgan fingerprint density at radius 1 is 1.00 bits per heavy atom. The third kappa shape index (κ3) is 4.60. The summed E-state index contributed by atoms with van der Waals surface area (Å²) in [4.78, 5) is 25.6. The summed E-state index contributed by atoms with van der Waals surface area (Å²) in [5.41, 5.74) is 4.59. The van der Waals surface area contributed by atoms with Gasteiger partial charge in [0.25, 0.3) is 5.56 Å². The SMILES string of the molecule is Cc1c2cnn(-c3ccccc3)c(=O)c2c(C)n1CCCC(=O)Nc1ccc(C(C)C)cc1. The number of amides is 1. The van der Waals surface area contributed by atoms with E-state index in [2.05, 4.69) is 41.0 Å². The number of nitrogens with zero attached hydrogens (tertiary/aromatic N) is 3. The molecule has 2 aromatic carbocycles. The minimum Gasteiger partial charge on any atom is -0.348 e. The standard InChI is InChI=1S/C27H30N4O2/c1-18(2)21-12-14-22(15-13-21)29-25(32)11-8-16-30-19(3)24-17-28-31(23-9-6-5-7-10-23)27(33)26(24)20(30)4/h5-7,9-10,12-15,17-18H,8,11,16H2,1-4H3,(H,29,32). The Hall–Kier alpha value is -3.67. The molecule has 170 valence electrons. The summed E-state index contributed by atoms with van der Waals surface area (Å²) < 4.78 is 3.56. The quantitative estimate of drug-likeness (QED) is 0.420. The van der Waals surface area contributed by atoms with Crippen molar-refractivity contribution in [2.75, 3.05) is 5.32 Å². The predicted octanol–water partition coefficient (Wildman–Crippen LogP) is 5.35. The summed E-state index contributed by atoms with van der Waals surface area (Å²) in [5.74, 6) is 0.456. The largest absolute Gasteiger partial charge is 0.348 e. The summed E-state index contributed by atoms with van der Waals surface area (Å²) in [6.45, 7) is 8.92. The molecule has 6 heteroatoms. The minimum atomic E-state index is -0.124. The number of anilines is 1. The number of hydrogen-bond donors (Lipinski definition) is 1. The molecule has 0 spiro atoms. The molecule has 4 rings (SSSR count). The van der Waals surface area contributed by atoms with E-state index in [9.17, 15) is 9.59 Å². The normalized spacial score (nSPS) is 11.3. The zero-order valence-corrected chi connectivity index (χ0v) is 19.6. The summed E-state index contributed by atoms with van der Waals surface area (Å²) in [7, 11) is 0. The fourth-order valence-corrected chi connectivity index (χ4v) is 4.27. The van der Waals surface area contributed by atoms with Gasteiger partial charge in [-0.25, -0.2) is 0 Å². The maximum absolute atomic E-state index is 13.2. The molecule has 0 aliphatic rings. The first-order chi connectivity index (χ1) is 15.9. The number of para-hydroxylation sites is 1. The minimum absolute atomic E-state index is 0.00702. The van der Waals surface area contributed by atoms with Crippen LogP contribution in [-0.2, 0) is 11.3 Å². The van der Waals surface area contributed by atoms with Crippen molar-refractivity contribution >= 4 is 22.4 Å². The van der Waals surface area contributed by atoms with Crippen LogP contribution in [0.2, 0.25) is 0 Å². The van der Waals surface area contributed by atoms with Gasteiger partial charge < -0.3 is 9.88 Å². The van der Waals surface area contributed by atoms with Crippen molar-refractivity contribution in [2.45, 2.75) is 53.0 Å². The van der Waals surface area contributed by atoms with Crippen LogP contribution < -0.4 is 10.9 Å². The Morgan fingerprint density at radius 3 is 2.36 bits per heavy atom. The number of hydrogen-bond acceptors (Lipinski definition) is 3. The first-order valence-electron chi connectivity index (χ1n) is 11.4. The molecule has 6 nitrogen and oxygen atoms in total. The molecule has 1 amide bonds. The van der Waals surface area contributed by atoms with Gasteiger partial charge in [-0.1, -0.05) is 44.2 Å². The Labute approximate surface area is 193 Å². The number of fused-ring (bicyclic) bond motifs is 1. The van der Waals surface area contributed by atoms with Crippen molar-refractivity contribution in [2.24, 2.45) is 0 Å². The highest BCUT2D eigenvalue weighted by Gasteiger charge is 2.17. The lowest BCUT2D eigenvalue weighted by molar-refractivity contribution is -0.116. The second-order valence-electron chi connectivity index (χ2n) is 8.74. The van der Waals surface area contributed by atoms with Crippen molar-refractivity contribution in [3.63, 3.8) is 0 Å². The highest BCUT2D eigenvalue weighted by Crippen LogP contribution is 2.23. The maximum Gasteiger partial charge on any atom is 0.281 e. The molecular formula is C27H30N4O2. The third-order valence-electron chi connectivity index (χ3n) is 6.19. The zero-order valence-electron chi connectivity index (χ0n) is 19.6. The molecule has 0 radical (unpaired) electrons. The van der Waals surface area contributed by atoms with Gasteiger partial charge in [0.05, 0.1) is 17.3 Å². The second kappa shape index (κ2) is 9.45. The fourth-order valence-electron chi connectivity index (χ4n) is 4.27. The van der Waals surface area contributed by atoms with E-state index in [4.69, 9.17) is 0 Å². The maximum atomic E-state index is 13.2. The summed E-state index contributed by atoms with van der Waals surface area (Å²) in [6.07, 6.45) is 2.85. The lowest BCUT2D eigenvalue weighted by Crippen LogP contribution is -2.21. The van der Waals surface area contributed by atoms with Crippen LogP contribution in [0.4, 0.5) is 5.69 Å². The topological polar surface area (TPSA) is 68.9 Å². The molecule has 4 aromatic rings. The van der Waals surface area contributed by atoms with Gasteiger partial charge in [0.2, 0.25) is 5.91 Å². The molecule has 0 fully saturated rings. The molecule has 0 aliphatic carbocycles. The molecule has 0 bridgehead atoms. The summed E-state index contributed by atoms with van der Waals surface area (Å²) in [6, 6.07) is 17.4. The molecule has 0 atom stereocenters. The monoisotopic (exact) mass is 442 g/mol. The first kappa shape index (κ1) is 22.5. The van der Waals surface area contributed by atoms with E-state index in [1.807, 2.05) is 56.3 Å². The lowest BCUT2D eigenvalue weighted by atomic mass is 10.0. The molecule has 0 unspecified atom stereocenters. The molecule has 2 aromatic heterocycles. The average molecular weight is 443 g/mol. The van der Waals surface area contributed by atoms with Crippen LogP contribution in [0.25, 0.3) is 16.5 Å². The number of nitrogens with one attached hydrogen (secondary N) is 1. The molecule has 0 aliphatic heterocycles. The van der Waals surface area contributed by atoms with Crippen LogP contribution in [0.15, 0.2) is 65.6 Å². The average Bonchev–Trinajstić information content (AvgIpc) is 3.05. The van der Waals surface area contributed by atoms with Gasteiger partial charge in [-0.05, 0) is 56.0 Å². The Bertz CT molecular complexity index is 1330. The third-order valence-corrected chi connectivity index (χ3v) is 6.19. The fraction of sp³-hybridized carbons (Fsp3) is 0.296.